The first-order valence-corrected chi connectivity index (χ1v) is 13.4. The van der Waals surface area contributed by atoms with Crippen LogP contribution in [0.1, 0.15) is 53.8 Å². The number of nitrogens with zero attached hydrogens (tertiary/aromatic N) is 1. The molecule has 0 unspecified atom stereocenters. The molecule has 8 heteroatoms. The molecule has 168 valence electrons. The predicted molar refractivity (Wildman–Crippen MR) is 145 cm³/mol. The lowest BCUT2D eigenvalue weighted by Crippen LogP contribution is -2.27. The third-order valence-corrected chi connectivity index (χ3v) is 9.32. The first-order valence-electron chi connectivity index (χ1n) is 10.3. The number of furan rings is 1. The van der Waals surface area contributed by atoms with E-state index in [9.17, 15) is 4.79 Å². The maximum atomic E-state index is 13.4. The Bertz CT molecular complexity index is 1160. The van der Waals surface area contributed by atoms with E-state index < -0.39 is 0 Å². The van der Waals surface area contributed by atoms with E-state index in [-0.39, 0.29) is 11.3 Å². The van der Waals surface area contributed by atoms with Crippen LogP contribution >= 0.6 is 61.5 Å². The van der Waals surface area contributed by atoms with E-state index >= 15 is 0 Å². The summed E-state index contributed by atoms with van der Waals surface area (Å²) in [4.78, 5) is 19.3. The van der Waals surface area contributed by atoms with Crippen molar-refractivity contribution in [3.63, 3.8) is 0 Å². The highest BCUT2D eigenvalue weighted by atomic mass is 127. The van der Waals surface area contributed by atoms with Gasteiger partial charge in [-0.25, -0.2) is 4.99 Å². The quantitative estimate of drug-likeness (QED) is 0.229. The summed E-state index contributed by atoms with van der Waals surface area (Å²) >= 11 is 13.2. The number of thiophene rings is 1. The third-order valence-electron chi connectivity index (χ3n) is 5.77. The van der Waals surface area contributed by atoms with Crippen molar-refractivity contribution in [2.45, 2.75) is 40.0 Å². The molecule has 0 radical (unpaired) electrons. The number of hydrogen-bond donors (Lipinski definition) is 1. The third kappa shape index (κ3) is 5.32. The summed E-state index contributed by atoms with van der Waals surface area (Å²) in [7, 11) is 0. The van der Waals surface area contributed by atoms with Gasteiger partial charge >= 0.3 is 0 Å². The fraction of sp³-hybridized carbons (Fsp3) is 0.333. The maximum Gasteiger partial charge on any atom is 0.259 e. The van der Waals surface area contributed by atoms with Gasteiger partial charge in [0, 0.05) is 44.2 Å². The number of benzene rings is 1. The van der Waals surface area contributed by atoms with E-state index in [1.165, 1.54) is 4.88 Å². The van der Waals surface area contributed by atoms with Crippen molar-refractivity contribution >= 4 is 84.3 Å². The van der Waals surface area contributed by atoms with Gasteiger partial charge < -0.3 is 9.73 Å². The first-order chi connectivity index (χ1) is 15.1. The molecule has 4 nitrogen and oxygen atoms in total. The molecule has 1 N–H and O–H groups in total. The highest BCUT2D eigenvalue weighted by Crippen LogP contribution is 2.45. The smallest absolute Gasteiger partial charge is 0.259 e. The van der Waals surface area contributed by atoms with Crippen LogP contribution < -0.4 is 5.32 Å². The fourth-order valence-corrected chi connectivity index (χ4v) is 6.02. The first kappa shape index (κ1) is 24.0. The number of rotatable bonds is 4. The Morgan fingerprint density at radius 3 is 2.69 bits per heavy atom. The van der Waals surface area contributed by atoms with Gasteiger partial charge in [0.2, 0.25) is 0 Å². The Morgan fingerprint density at radius 2 is 2.06 bits per heavy atom. The molecular formula is C24H23BrClIN2O2S. The molecule has 1 amide bonds. The number of halogens is 3. The summed E-state index contributed by atoms with van der Waals surface area (Å²) in [5.41, 5.74) is 2.74. The second-order valence-electron chi connectivity index (χ2n) is 8.98. The lowest BCUT2D eigenvalue weighted by atomic mass is 9.72. The van der Waals surface area contributed by atoms with E-state index in [0.29, 0.717) is 28.0 Å². The molecule has 2 aromatic heterocycles. The Balaban J connectivity index is 1.70. The molecular weight excluding hydrogens is 623 g/mol. The zero-order valence-electron chi connectivity index (χ0n) is 18.0. The van der Waals surface area contributed by atoms with E-state index in [1.807, 2.05) is 6.07 Å². The number of carbonyl (C=O) groups is 1. The Kier molecular flexibility index (Phi) is 7.20. The largest absolute Gasteiger partial charge is 0.448 e. The zero-order chi connectivity index (χ0) is 23.0. The Morgan fingerprint density at radius 1 is 1.34 bits per heavy atom. The molecule has 0 fully saturated rings. The molecule has 4 rings (SSSR count). The number of amides is 1. The number of nitrogens with one attached hydrogen (secondary N) is 1. The lowest BCUT2D eigenvalue weighted by molar-refractivity contribution is 0.102. The van der Waals surface area contributed by atoms with Gasteiger partial charge in [-0.2, -0.15) is 0 Å². The maximum absolute atomic E-state index is 13.4. The summed E-state index contributed by atoms with van der Waals surface area (Å²) in [6, 6.07) is 9.02. The fourth-order valence-electron chi connectivity index (χ4n) is 3.91. The number of anilines is 1. The molecule has 1 aliphatic rings. The van der Waals surface area contributed by atoms with Crippen molar-refractivity contribution < 1.29 is 9.21 Å². The second kappa shape index (κ2) is 9.60. The molecule has 3 aromatic rings. The minimum Gasteiger partial charge on any atom is -0.448 e. The van der Waals surface area contributed by atoms with Crippen molar-refractivity contribution in [1.82, 2.24) is 0 Å². The van der Waals surface area contributed by atoms with Gasteiger partial charge in [0.05, 0.1) is 16.3 Å². The zero-order valence-corrected chi connectivity index (χ0v) is 23.3. The van der Waals surface area contributed by atoms with E-state index in [4.69, 9.17) is 21.0 Å². The number of aliphatic imine (C=N–C) groups is 1. The molecule has 0 aliphatic heterocycles. The number of carbonyl (C=O) groups excluding carboxylic acids is 1. The van der Waals surface area contributed by atoms with Gasteiger partial charge in [0.1, 0.15) is 10.8 Å². The SMILES string of the molecule is CC(C)(C)[C@@H]1CCc2c(sc(N=Cc3cc(Br)c(I)o3)c2C(=O)Nc2ccc(Cl)cc2)C1. The molecule has 1 aliphatic carbocycles. The van der Waals surface area contributed by atoms with Crippen LogP contribution in [-0.4, -0.2) is 12.1 Å². The van der Waals surface area contributed by atoms with Crippen LogP contribution in [0.3, 0.4) is 0 Å². The average Bonchev–Trinajstić information content (AvgIpc) is 3.26. The molecule has 0 bridgehead atoms. The van der Waals surface area contributed by atoms with Crippen molar-refractivity contribution in [1.29, 1.82) is 0 Å². The van der Waals surface area contributed by atoms with Crippen LogP contribution in [0.25, 0.3) is 0 Å². The monoisotopic (exact) mass is 644 g/mol. The molecule has 0 saturated carbocycles. The van der Waals surface area contributed by atoms with Crippen LogP contribution in [0.2, 0.25) is 5.02 Å². The van der Waals surface area contributed by atoms with Gasteiger partial charge in [-0.05, 0) is 76.4 Å². The highest BCUT2D eigenvalue weighted by molar-refractivity contribution is 14.1. The van der Waals surface area contributed by atoms with Gasteiger partial charge in [-0.3, -0.25) is 4.79 Å². The topological polar surface area (TPSA) is 54.6 Å². The minimum absolute atomic E-state index is 0.138. The number of hydrogen-bond acceptors (Lipinski definition) is 4. The van der Waals surface area contributed by atoms with E-state index in [2.05, 4.69) is 64.6 Å². The van der Waals surface area contributed by atoms with Gasteiger partial charge in [-0.1, -0.05) is 32.4 Å². The molecule has 1 atom stereocenters. The average molecular weight is 646 g/mol. The van der Waals surface area contributed by atoms with Crippen molar-refractivity contribution in [3.05, 3.63) is 65.4 Å². The Labute approximate surface area is 219 Å². The van der Waals surface area contributed by atoms with Crippen LogP contribution in [0, 0.1) is 15.1 Å². The predicted octanol–water partition coefficient (Wildman–Crippen LogP) is 8.52. The molecule has 1 aromatic carbocycles. The van der Waals surface area contributed by atoms with Gasteiger partial charge in [0.25, 0.3) is 5.91 Å². The lowest BCUT2D eigenvalue weighted by Gasteiger charge is -2.33. The highest BCUT2D eigenvalue weighted by Gasteiger charge is 2.33. The van der Waals surface area contributed by atoms with Gasteiger partial charge in [-0.15, -0.1) is 11.3 Å². The molecule has 2 heterocycles. The van der Waals surface area contributed by atoms with Crippen LogP contribution in [0.5, 0.6) is 0 Å². The summed E-state index contributed by atoms with van der Waals surface area (Å²) in [6.45, 7) is 6.87. The number of fused-ring (bicyclic) bond motifs is 1. The van der Waals surface area contributed by atoms with Crippen molar-refractivity contribution in [3.8, 4) is 0 Å². The van der Waals surface area contributed by atoms with Crippen LogP contribution in [0.15, 0.2) is 44.2 Å². The summed E-state index contributed by atoms with van der Waals surface area (Å²) < 4.78 is 7.34. The summed E-state index contributed by atoms with van der Waals surface area (Å²) in [5, 5.41) is 4.37. The van der Waals surface area contributed by atoms with Crippen molar-refractivity contribution in [2.75, 3.05) is 5.32 Å². The summed E-state index contributed by atoms with van der Waals surface area (Å²) in [5.74, 6) is 1.09. The normalized spacial score (nSPS) is 16.4. The van der Waals surface area contributed by atoms with Crippen LogP contribution in [0.4, 0.5) is 10.7 Å². The second-order valence-corrected chi connectivity index (χ2v) is 12.3. The molecule has 32 heavy (non-hydrogen) atoms. The minimum atomic E-state index is -0.138. The van der Waals surface area contributed by atoms with Crippen molar-refractivity contribution in [2.24, 2.45) is 16.3 Å². The van der Waals surface area contributed by atoms with E-state index in [0.717, 1.165) is 38.1 Å². The molecule has 0 saturated heterocycles. The standard InChI is InChI=1S/C24H23BrClIN2O2S/c1-24(2,3)13-4-9-17-19(10-13)32-23(28-12-16-11-18(25)21(27)31-16)20(17)22(30)29-15-7-5-14(26)6-8-15/h5-8,11-13H,4,9-10H2,1-3H3,(H,29,30)/t13-/m1/s1. The van der Waals surface area contributed by atoms with Gasteiger partial charge in [0.15, 0.2) is 3.77 Å². The molecule has 0 spiro atoms. The van der Waals surface area contributed by atoms with Crippen LogP contribution in [-0.2, 0) is 12.8 Å². The Hall–Kier alpha value is -1.16. The summed E-state index contributed by atoms with van der Waals surface area (Å²) in [6.07, 6.45) is 4.62. The van der Waals surface area contributed by atoms with E-state index in [1.54, 1.807) is 41.8 Å².